The Bertz CT molecular complexity index is 864. The number of rotatable bonds is 4. The standard InChI is InChI=1S/C19H21N3O/c1-13-5-4-6-16(9-13)21-19(23)7-8-22-12-20-17-10-14(2)15(3)11-18(17)22/h4-6,9-12H,7-8H2,1-3H3,(H,21,23). The van der Waals surface area contributed by atoms with Gasteiger partial charge in [0.1, 0.15) is 0 Å². The second-order valence-electron chi connectivity index (χ2n) is 6.03. The summed E-state index contributed by atoms with van der Waals surface area (Å²) in [6, 6.07) is 12.1. The number of benzene rings is 2. The fourth-order valence-corrected chi connectivity index (χ4v) is 2.66. The van der Waals surface area contributed by atoms with E-state index in [1.807, 2.05) is 42.1 Å². The van der Waals surface area contributed by atoms with Gasteiger partial charge in [0.15, 0.2) is 0 Å². The summed E-state index contributed by atoms with van der Waals surface area (Å²) >= 11 is 0. The van der Waals surface area contributed by atoms with E-state index in [1.165, 1.54) is 11.1 Å². The molecule has 4 heteroatoms. The van der Waals surface area contributed by atoms with E-state index < -0.39 is 0 Å². The van der Waals surface area contributed by atoms with Crippen LogP contribution in [-0.4, -0.2) is 15.5 Å². The highest BCUT2D eigenvalue weighted by molar-refractivity contribution is 5.90. The highest BCUT2D eigenvalue weighted by atomic mass is 16.1. The molecule has 3 rings (SSSR count). The molecule has 0 atom stereocenters. The Hall–Kier alpha value is -2.62. The third-order valence-electron chi connectivity index (χ3n) is 4.12. The lowest BCUT2D eigenvalue weighted by Crippen LogP contribution is -2.14. The summed E-state index contributed by atoms with van der Waals surface area (Å²) in [4.78, 5) is 16.6. The average molecular weight is 307 g/mol. The summed E-state index contributed by atoms with van der Waals surface area (Å²) in [5, 5.41) is 2.94. The summed E-state index contributed by atoms with van der Waals surface area (Å²) < 4.78 is 2.04. The lowest BCUT2D eigenvalue weighted by Gasteiger charge is -2.08. The number of aromatic nitrogens is 2. The fraction of sp³-hybridized carbons (Fsp3) is 0.263. The van der Waals surface area contributed by atoms with E-state index in [-0.39, 0.29) is 5.91 Å². The first-order valence-electron chi connectivity index (χ1n) is 7.81. The van der Waals surface area contributed by atoms with E-state index in [4.69, 9.17) is 0 Å². The van der Waals surface area contributed by atoms with Crippen molar-refractivity contribution in [3.8, 4) is 0 Å². The SMILES string of the molecule is Cc1cccc(NC(=O)CCn2cnc3cc(C)c(C)cc32)c1. The third-order valence-corrected chi connectivity index (χ3v) is 4.12. The Morgan fingerprint density at radius 1 is 1.13 bits per heavy atom. The number of carbonyl (C=O) groups is 1. The van der Waals surface area contributed by atoms with Gasteiger partial charge in [-0.3, -0.25) is 4.79 Å². The van der Waals surface area contributed by atoms with Crippen LogP contribution in [0.5, 0.6) is 0 Å². The molecule has 3 aromatic rings. The van der Waals surface area contributed by atoms with Crippen LogP contribution < -0.4 is 5.32 Å². The number of aryl methyl sites for hydroxylation is 4. The highest BCUT2D eigenvalue weighted by Gasteiger charge is 2.08. The Labute approximate surface area is 136 Å². The van der Waals surface area contributed by atoms with E-state index in [0.717, 1.165) is 22.3 Å². The molecule has 2 aromatic carbocycles. The Balaban J connectivity index is 1.68. The van der Waals surface area contributed by atoms with Crippen molar-refractivity contribution in [1.29, 1.82) is 0 Å². The van der Waals surface area contributed by atoms with E-state index in [1.54, 1.807) is 0 Å². The first-order chi connectivity index (χ1) is 11.0. The zero-order valence-corrected chi connectivity index (χ0v) is 13.8. The number of carbonyl (C=O) groups excluding carboxylic acids is 1. The maximum atomic E-state index is 12.1. The molecule has 23 heavy (non-hydrogen) atoms. The highest BCUT2D eigenvalue weighted by Crippen LogP contribution is 2.18. The summed E-state index contributed by atoms with van der Waals surface area (Å²) in [6.07, 6.45) is 2.23. The third kappa shape index (κ3) is 3.42. The minimum absolute atomic E-state index is 0.0151. The molecule has 0 radical (unpaired) electrons. The van der Waals surface area contributed by atoms with Crippen LogP contribution in [0, 0.1) is 20.8 Å². The molecule has 0 aliphatic carbocycles. The van der Waals surface area contributed by atoms with Crippen molar-refractivity contribution in [1.82, 2.24) is 9.55 Å². The van der Waals surface area contributed by atoms with Crippen LogP contribution in [0.15, 0.2) is 42.7 Å². The van der Waals surface area contributed by atoms with E-state index >= 15 is 0 Å². The van der Waals surface area contributed by atoms with Crippen LogP contribution in [0.4, 0.5) is 5.69 Å². The number of hydrogen-bond donors (Lipinski definition) is 1. The van der Waals surface area contributed by atoms with Gasteiger partial charge in [0.2, 0.25) is 5.91 Å². The van der Waals surface area contributed by atoms with Crippen molar-refractivity contribution in [2.24, 2.45) is 0 Å². The zero-order chi connectivity index (χ0) is 16.4. The number of nitrogens with zero attached hydrogens (tertiary/aromatic N) is 2. The minimum Gasteiger partial charge on any atom is -0.330 e. The number of anilines is 1. The van der Waals surface area contributed by atoms with Crippen molar-refractivity contribution in [2.45, 2.75) is 33.7 Å². The molecule has 1 N–H and O–H groups in total. The van der Waals surface area contributed by atoms with Crippen LogP contribution in [0.2, 0.25) is 0 Å². The zero-order valence-electron chi connectivity index (χ0n) is 13.8. The van der Waals surface area contributed by atoms with Crippen molar-refractivity contribution in [3.63, 3.8) is 0 Å². The van der Waals surface area contributed by atoms with Gasteiger partial charge in [-0.15, -0.1) is 0 Å². The normalized spacial score (nSPS) is 10.9. The maximum absolute atomic E-state index is 12.1. The average Bonchev–Trinajstić information content (AvgIpc) is 2.88. The van der Waals surface area contributed by atoms with Gasteiger partial charge in [-0.25, -0.2) is 4.98 Å². The quantitative estimate of drug-likeness (QED) is 0.792. The second-order valence-corrected chi connectivity index (χ2v) is 6.03. The topological polar surface area (TPSA) is 46.9 Å². The summed E-state index contributed by atoms with van der Waals surface area (Å²) in [7, 11) is 0. The van der Waals surface area contributed by atoms with Crippen LogP contribution in [0.25, 0.3) is 11.0 Å². The summed E-state index contributed by atoms with van der Waals surface area (Å²) in [5.74, 6) is 0.0151. The van der Waals surface area contributed by atoms with Gasteiger partial charge in [-0.1, -0.05) is 12.1 Å². The number of fused-ring (bicyclic) bond motifs is 1. The molecular formula is C19H21N3O. The van der Waals surface area contributed by atoms with Crippen molar-refractivity contribution >= 4 is 22.6 Å². The molecule has 0 saturated carbocycles. The van der Waals surface area contributed by atoms with E-state index in [0.29, 0.717) is 13.0 Å². The smallest absolute Gasteiger partial charge is 0.226 e. The van der Waals surface area contributed by atoms with Gasteiger partial charge >= 0.3 is 0 Å². The van der Waals surface area contributed by atoms with Gasteiger partial charge in [0, 0.05) is 18.7 Å². The molecule has 0 unspecified atom stereocenters. The van der Waals surface area contributed by atoms with Crippen LogP contribution in [0.1, 0.15) is 23.1 Å². The lowest BCUT2D eigenvalue weighted by atomic mass is 10.1. The molecule has 0 fully saturated rings. The molecule has 1 amide bonds. The molecule has 1 aromatic heterocycles. The second kappa shape index (κ2) is 6.24. The summed E-state index contributed by atoms with van der Waals surface area (Å²) in [6.45, 7) is 6.81. The monoisotopic (exact) mass is 307 g/mol. The maximum Gasteiger partial charge on any atom is 0.226 e. The van der Waals surface area contributed by atoms with Gasteiger partial charge in [-0.2, -0.15) is 0 Å². The van der Waals surface area contributed by atoms with E-state index in [9.17, 15) is 4.79 Å². The van der Waals surface area contributed by atoms with Gasteiger partial charge in [0.05, 0.1) is 17.4 Å². The minimum atomic E-state index is 0.0151. The molecule has 1 heterocycles. The first-order valence-corrected chi connectivity index (χ1v) is 7.81. The van der Waals surface area contributed by atoms with Crippen LogP contribution >= 0.6 is 0 Å². The Morgan fingerprint density at radius 3 is 2.70 bits per heavy atom. The first kappa shape index (κ1) is 15.3. The molecule has 0 aliphatic rings. The van der Waals surface area contributed by atoms with Crippen molar-refractivity contribution in [2.75, 3.05) is 5.32 Å². The summed E-state index contributed by atoms with van der Waals surface area (Å²) in [5.41, 5.74) is 6.51. The van der Waals surface area contributed by atoms with E-state index in [2.05, 4.69) is 36.3 Å². The predicted molar refractivity (Wildman–Crippen MR) is 93.6 cm³/mol. The van der Waals surface area contributed by atoms with Gasteiger partial charge in [0.25, 0.3) is 0 Å². The van der Waals surface area contributed by atoms with Crippen molar-refractivity contribution < 1.29 is 4.79 Å². The molecule has 0 bridgehead atoms. The molecule has 0 aliphatic heterocycles. The van der Waals surface area contributed by atoms with Gasteiger partial charge in [-0.05, 0) is 61.7 Å². The van der Waals surface area contributed by atoms with Crippen LogP contribution in [-0.2, 0) is 11.3 Å². The Morgan fingerprint density at radius 2 is 1.91 bits per heavy atom. The number of nitrogens with one attached hydrogen (secondary N) is 1. The number of imidazole rings is 1. The number of amides is 1. The van der Waals surface area contributed by atoms with Crippen molar-refractivity contribution in [3.05, 3.63) is 59.4 Å². The molecule has 4 nitrogen and oxygen atoms in total. The molecule has 118 valence electrons. The van der Waals surface area contributed by atoms with Crippen LogP contribution in [0.3, 0.4) is 0 Å². The molecular weight excluding hydrogens is 286 g/mol. The Kier molecular flexibility index (Phi) is 4.15. The fourth-order valence-electron chi connectivity index (χ4n) is 2.66. The molecule has 0 spiro atoms. The largest absolute Gasteiger partial charge is 0.330 e. The number of hydrogen-bond acceptors (Lipinski definition) is 2. The lowest BCUT2D eigenvalue weighted by molar-refractivity contribution is -0.116. The predicted octanol–water partition coefficient (Wildman–Crippen LogP) is 3.99. The molecule has 0 saturated heterocycles. The van der Waals surface area contributed by atoms with Gasteiger partial charge < -0.3 is 9.88 Å².